The van der Waals surface area contributed by atoms with Gasteiger partial charge < -0.3 is 9.84 Å². The van der Waals surface area contributed by atoms with Gasteiger partial charge in [-0.15, -0.1) is 0 Å². The SMILES string of the molecule is COC1(CC(O)Cc2ccccn2)CCC1. The van der Waals surface area contributed by atoms with Crippen molar-refractivity contribution < 1.29 is 9.84 Å². The van der Waals surface area contributed by atoms with Crippen LogP contribution in [0.5, 0.6) is 0 Å². The Labute approximate surface area is 96.5 Å². The van der Waals surface area contributed by atoms with E-state index in [1.165, 1.54) is 6.42 Å². The minimum atomic E-state index is -0.352. The van der Waals surface area contributed by atoms with Crippen molar-refractivity contribution in [1.82, 2.24) is 4.98 Å². The molecule has 0 bridgehead atoms. The quantitative estimate of drug-likeness (QED) is 0.826. The highest BCUT2D eigenvalue weighted by Gasteiger charge is 2.38. The van der Waals surface area contributed by atoms with E-state index in [0.717, 1.165) is 25.0 Å². The van der Waals surface area contributed by atoms with E-state index in [1.807, 2.05) is 18.2 Å². The maximum Gasteiger partial charge on any atom is 0.0703 e. The van der Waals surface area contributed by atoms with E-state index >= 15 is 0 Å². The van der Waals surface area contributed by atoms with Crippen LogP contribution in [0.1, 0.15) is 31.4 Å². The van der Waals surface area contributed by atoms with Gasteiger partial charge in [0.15, 0.2) is 0 Å². The highest BCUT2D eigenvalue weighted by Crippen LogP contribution is 2.39. The first kappa shape index (κ1) is 11.6. The molecular formula is C13H19NO2. The third kappa shape index (κ3) is 2.60. The van der Waals surface area contributed by atoms with Gasteiger partial charge in [-0.1, -0.05) is 6.07 Å². The van der Waals surface area contributed by atoms with Crippen LogP contribution in [0.2, 0.25) is 0 Å². The van der Waals surface area contributed by atoms with E-state index in [0.29, 0.717) is 6.42 Å². The number of aliphatic hydroxyl groups is 1. The second-order valence-electron chi connectivity index (χ2n) is 4.62. The van der Waals surface area contributed by atoms with Crippen molar-refractivity contribution in [1.29, 1.82) is 0 Å². The van der Waals surface area contributed by atoms with E-state index in [9.17, 15) is 5.11 Å². The van der Waals surface area contributed by atoms with Crippen LogP contribution >= 0.6 is 0 Å². The zero-order chi connectivity index (χ0) is 11.4. The summed E-state index contributed by atoms with van der Waals surface area (Å²) in [6, 6.07) is 5.78. The van der Waals surface area contributed by atoms with Crippen LogP contribution < -0.4 is 0 Å². The van der Waals surface area contributed by atoms with Crippen molar-refractivity contribution in [3.8, 4) is 0 Å². The molecule has 0 aliphatic heterocycles. The lowest BCUT2D eigenvalue weighted by molar-refractivity contribution is -0.0990. The third-order valence-electron chi connectivity index (χ3n) is 3.48. The molecule has 1 atom stereocenters. The molecule has 1 fully saturated rings. The maximum atomic E-state index is 10.0. The number of pyridine rings is 1. The average molecular weight is 221 g/mol. The Morgan fingerprint density at radius 1 is 1.50 bits per heavy atom. The van der Waals surface area contributed by atoms with Crippen molar-refractivity contribution in [3.05, 3.63) is 30.1 Å². The number of ether oxygens (including phenoxy) is 1. The lowest BCUT2D eigenvalue weighted by Gasteiger charge is -2.41. The normalized spacial score (nSPS) is 20.1. The molecule has 3 heteroatoms. The average Bonchev–Trinajstić information content (AvgIpc) is 2.25. The monoisotopic (exact) mass is 221 g/mol. The van der Waals surface area contributed by atoms with Crippen molar-refractivity contribution >= 4 is 0 Å². The van der Waals surface area contributed by atoms with Gasteiger partial charge in [0.05, 0.1) is 11.7 Å². The highest BCUT2D eigenvalue weighted by molar-refractivity contribution is 5.05. The van der Waals surface area contributed by atoms with Crippen LogP contribution in [0, 0.1) is 0 Å². The molecule has 2 rings (SSSR count). The van der Waals surface area contributed by atoms with Gasteiger partial charge in [-0.25, -0.2) is 0 Å². The van der Waals surface area contributed by atoms with Crippen molar-refractivity contribution in [3.63, 3.8) is 0 Å². The Hall–Kier alpha value is -0.930. The molecular weight excluding hydrogens is 202 g/mol. The fourth-order valence-corrected chi connectivity index (χ4v) is 2.32. The molecule has 1 unspecified atom stereocenters. The molecule has 1 aliphatic carbocycles. The van der Waals surface area contributed by atoms with Crippen LogP contribution in [-0.4, -0.2) is 28.9 Å². The van der Waals surface area contributed by atoms with Gasteiger partial charge in [0.25, 0.3) is 0 Å². The molecule has 1 aliphatic rings. The Morgan fingerprint density at radius 3 is 2.81 bits per heavy atom. The minimum absolute atomic E-state index is 0.0613. The summed E-state index contributed by atoms with van der Waals surface area (Å²) < 4.78 is 5.50. The first-order valence-electron chi connectivity index (χ1n) is 5.87. The van der Waals surface area contributed by atoms with Crippen molar-refractivity contribution in [2.45, 2.75) is 43.8 Å². The third-order valence-corrected chi connectivity index (χ3v) is 3.48. The second kappa shape index (κ2) is 4.93. The molecule has 0 saturated heterocycles. The van der Waals surface area contributed by atoms with Gasteiger partial charge in [-0.05, 0) is 31.4 Å². The first-order valence-corrected chi connectivity index (χ1v) is 5.87. The van der Waals surface area contributed by atoms with E-state index in [4.69, 9.17) is 4.74 Å². The van der Waals surface area contributed by atoms with Gasteiger partial charge in [0, 0.05) is 31.8 Å². The number of methoxy groups -OCH3 is 1. The number of aromatic nitrogens is 1. The zero-order valence-electron chi connectivity index (χ0n) is 9.72. The molecule has 1 aromatic heterocycles. The Morgan fingerprint density at radius 2 is 2.31 bits per heavy atom. The van der Waals surface area contributed by atoms with Crippen LogP contribution in [-0.2, 0) is 11.2 Å². The lowest BCUT2D eigenvalue weighted by atomic mass is 9.75. The fourth-order valence-electron chi connectivity index (χ4n) is 2.32. The van der Waals surface area contributed by atoms with E-state index < -0.39 is 0 Å². The van der Waals surface area contributed by atoms with Gasteiger partial charge in [0.1, 0.15) is 0 Å². The summed E-state index contributed by atoms with van der Waals surface area (Å²) in [5.74, 6) is 0. The van der Waals surface area contributed by atoms with Crippen LogP contribution in [0.25, 0.3) is 0 Å². The summed E-state index contributed by atoms with van der Waals surface area (Å²) in [7, 11) is 1.74. The smallest absolute Gasteiger partial charge is 0.0703 e. The van der Waals surface area contributed by atoms with Crippen molar-refractivity contribution in [2.24, 2.45) is 0 Å². The predicted molar refractivity (Wildman–Crippen MR) is 62.2 cm³/mol. The summed E-state index contributed by atoms with van der Waals surface area (Å²) in [4.78, 5) is 4.22. The summed E-state index contributed by atoms with van der Waals surface area (Å²) in [5.41, 5.74) is 0.884. The molecule has 1 aromatic rings. The molecule has 0 spiro atoms. The van der Waals surface area contributed by atoms with Crippen molar-refractivity contribution in [2.75, 3.05) is 7.11 Å². The van der Waals surface area contributed by atoms with Gasteiger partial charge in [-0.3, -0.25) is 4.98 Å². The molecule has 3 nitrogen and oxygen atoms in total. The van der Waals surface area contributed by atoms with Crippen LogP contribution in [0.3, 0.4) is 0 Å². The Balaban J connectivity index is 1.87. The fraction of sp³-hybridized carbons (Fsp3) is 0.615. The molecule has 88 valence electrons. The number of hydrogen-bond donors (Lipinski definition) is 1. The van der Waals surface area contributed by atoms with E-state index in [-0.39, 0.29) is 11.7 Å². The number of rotatable bonds is 5. The van der Waals surface area contributed by atoms with Crippen LogP contribution in [0.4, 0.5) is 0 Å². The maximum absolute atomic E-state index is 10.0. The predicted octanol–water partition coefficient (Wildman–Crippen LogP) is 1.94. The standard InChI is InChI=1S/C13H19NO2/c1-16-13(6-4-7-13)10-12(15)9-11-5-2-3-8-14-11/h2-3,5,8,12,15H,4,6-7,9-10H2,1H3. The Kier molecular flexibility index (Phi) is 3.56. The van der Waals surface area contributed by atoms with E-state index in [1.54, 1.807) is 13.3 Å². The van der Waals surface area contributed by atoms with Gasteiger partial charge in [-0.2, -0.15) is 0 Å². The number of nitrogens with zero attached hydrogens (tertiary/aromatic N) is 1. The topological polar surface area (TPSA) is 42.4 Å². The first-order chi connectivity index (χ1) is 7.74. The molecule has 1 saturated carbocycles. The number of hydrogen-bond acceptors (Lipinski definition) is 3. The van der Waals surface area contributed by atoms with Gasteiger partial charge in [0.2, 0.25) is 0 Å². The van der Waals surface area contributed by atoms with E-state index in [2.05, 4.69) is 4.98 Å². The summed E-state index contributed by atoms with van der Waals surface area (Å²) >= 11 is 0. The van der Waals surface area contributed by atoms with Gasteiger partial charge >= 0.3 is 0 Å². The summed E-state index contributed by atoms with van der Waals surface area (Å²) in [6.45, 7) is 0. The molecule has 16 heavy (non-hydrogen) atoms. The molecule has 0 radical (unpaired) electrons. The molecule has 1 N–H and O–H groups in total. The summed E-state index contributed by atoms with van der Waals surface area (Å²) in [5, 5.41) is 10.0. The second-order valence-corrected chi connectivity index (χ2v) is 4.62. The minimum Gasteiger partial charge on any atom is -0.393 e. The number of aliphatic hydroxyl groups excluding tert-OH is 1. The molecule has 0 aromatic carbocycles. The lowest BCUT2D eigenvalue weighted by Crippen LogP contribution is -2.42. The summed E-state index contributed by atoms with van der Waals surface area (Å²) in [6.07, 6.45) is 6.11. The zero-order valence-corrected chi connectivity index (χ0v) is 9.72. The molecule has 0 amide bonds. The highest BCUT2D eigenvalue weighted by atomic mass is 16.5. The Bertz CT molecular complexity index is 316. The largest absolute Gasteiger partial charge is 0.393 e. The van der Waals surface area contributed by atoms with Crippen LogP contribution in [0.15, 0.2) is 24.4 Å². The molecule has 1 heterocycles.